The van der Waals surface area contributed by atoms with E-state index in [-0.39, 0.29) is 23.5 Å². The second-order valence-electron chi connectivity index (χ2n) is 2.91. The lowest BCUT2D eigenvalue weighted by Gasteiger charge is -2.26. The van der Waals surface area contributed by atoms with Crippen molar-refractivity contribution in [3.05, 3.63) is 18.4 Å². The zero-order chi connectivity index (χ0) is 9.31. The molecule has 80 valence electrons. The van der Waals surface area contributed by atoms with Crippen LogP contribution in [0.3, 0.4) is 0 Å². The molecule has 0 unspecified atom stereocenters. The third-order valence-corrected chi connectivity index (χ3v) is 3.27. The monoisotopic (exact) mass is 238 g/mol. The number of sulfonamides is 1. The van der Waals surface area contributed by atoms with E-state index in [9.17, 15) is 8.42 Å². The largest absolute Gasteiger partial charge is 0.452 e. The lowest BCUT2D eigenvalue weighted by molar-refractivity contribution is 0.396. The highest BCUT2D eigenvalue weighted by Gasteiger charge is 2.25. The first-order valence-electron chi connectivity index (χ1n) is 3.95. The van der Waals surface area contributed by atoms with Crippen LogP contribution in [-0.2, 0) is 10.0 Å². The highest BCUT2D eigenvalue weighted by atomic mass is 35.5. The molecule has 14 heavy (non-hydrogen) atoms. The van der Waals surface area contributed by atoms with Gasteiger partial charge in [-0.1, -0.05) is 0 Å². The van der Waals surface area contributed by atoms with Gasteiger partial charge in [0, 0.05) is 19.1 Å². The maximum Gasteiger partial charge on any atom is 0.274 e. The number of rotatable bonds is 3. The zero-order valence-electron chi connectivity index (χ0n) is 7.26. The standard InChI is InChI=1S/C7H10N2O3S.ClH/c10-13(11,7-2-1-3-12-7)9-6-4-8-5-6;/h1-3,6,8-9H,4-5H2;1H. The lowest BCUT2D eigenvalue weighted by atomic mass is 10.2. The van der Waals surface area contributed by atoms with E-state index in [1.165, 1.54) is 12.3 Å². The Morgan fingerprint density at radius 3 is 2.64 bits per heavy atom. The molecule has 0 amide bonds. The Morgan fingerprint density at radius 1 is 1.50 bits per heavy atom. The van der Waals surface area contributed by atoms with Crippen LogP contribution >= 0.6 is 12.4 Å². The van der Waals surface area contributed by atoms with Crippen molar-refractivity contribution < 1.29 is 12.8 Å². The average Bonchev–Trinajstić information content (AvgIpc) is 2.49. The van der Waals surface area contributed by atoms with Crippen molar-refractivity contribution in [1.29, 1.82) is 0 Å². The summed E-state index contributed by atoms with van der Waals surface area (Å²) < 4.78 is 30.2. The normalized spacial score (nSPS) is 17.1. The summed E-state index contributed by atoms with van der Waals surface area (Å²) in [7, 11) is -3.43. The maximum atomic E-state index is 11.5. The van der Waals surface area contributed by atoms with Crippen LogP contribution in [-0.4, -0.2) is 27.5 Å². The highest BCUT2D eigenvalue weighted by Crippen LogP contribution is 2.09. The Kier molecular flexibility index (Phi) is 3.54. The van der Waals surface area contributed by atoms with Crippen LogP contribution in [0.15, 0.2) is 27.9 Å². The molecular formula is C7H11ClN2O3S. The van der Waals surface area contributed by atoms with Crippen LogP contribution in [0, 0.1) is 0 Å². The van der Waals surface area contributed by atoms with E-state index in [4.69, 9.17) is 4.42 Å². The van der Waals surface area contributed by atoms with Gasteiger partial charge in [-0.2, -0.15) is 0 Å². The predicted molar refractivity (Wildman–Crippen MR) is 52.9 cm³/mol. The minimum atomic E-state index is -3.43. The van der Waals surface area contributed by atoms with E-state index in [0.29, 0.717) is 13.1 Å². The molecule has 0 aliphatic carbocycles. The number of hydrogen-bond donors (Lipinski definition) is 2. The summed E-state index contributed by atoms with van der Waals surface area (Å²) >= 11 is 0. The molecule has 2 rings (SSSR count). The second-order valence-corrected chi connectivity index (χ2v) is 4.55. The first-order chi connectivity index (χ1) is 6.18. The van der Waals surface area contributed by atoms with Crippen LogP contribution in [0.1, 0.15) is 0 Å². The minimum Gasteiger partial charge on any atom is -0.452 e. The quantitative estimate of drug-likeness (QED) is 0.775. The summed E-state index contributed by atoms with van der Waals surface area (Å²) in [4.78, 5) is 0. The SMILES string of the molecule is Cl.O=S(=O)(NC1CNC1)c1ccco1. The van der Waals surface area contributed by atoms with Crippen molar-refractivity contribution in [2.75, 3.05) is 13.1 Å². The third-order valence-electron chi connectivity index (χ3n) is 1.86. The van der Waals surface area contributed by atoms with Crippen LogP contribution in [0.2, 0.25) is 0 Å². The molecule has 1 aliphatic rings. The van der Waals surface area contributed by atoms with Gasteiger partial charge in [-0.05, 0) is 12.1 Å². The molecule has 1 saturated heterocycles. The van der Waals surface area contributed by atoms with Gasteiger partial charge >= 0.3 is 0 Å². The van der Waals surface area contributed by atoms with E-state index >= 15 is 0 Å². The molecule has 7 heteroatoms. The van der Waals surface area contributed by atoms with Crippen LogP contribution in [0.4, 0.5) is 0 Å². The first-order valence-corrected chi connectivity index (χ1v) is 5.43. The fourth-order valence-corrected chi connectivity index (χ4v) is 2.23. The van der Waals surface area contributed by atoms with E-state index in [1.54, 1.807) is 6.07 Å². The fraction of sp³-hybridized carbons (Fsp3) is 0.429. The van der Waals surface area contributed by atoms with Crippen LogP contribution < -0.4 is 10.0 Å². The first kappa shape index (κ1) is 11.5. The number of furan rings is 1. The van der Waals surface area contributed by atoms with E-state index in [2.05, 4.69) is 10.0 Å². The van der Waals surface area contributed by atoms with Crippen LogP contribution in [0.25, 0.3) is 0 Å². The summed E-state index contributed by atoms with van der Waals surface area (Å²) in [5, 5.41) is 2.94. The Labute approximate surface area is 88.3 Å². The molecule has 1 aliphatic heterocycles. The second kappa shape index (κ2) is 4.31. The van der Waals surface area contributed by atoms with Crippen molar-refractivity contribution in [1.82, 2.24) is 10.0 Å². The molecule has 2 heterocycles. The Balaban J connectivity index is 0.000000980. The van der Waals surface area contributed by atoms with Gasteiger partial charge in [0.2, 0.25) is 5.09 Å². The summed E-state index contributed by atoms with van der Waals surface area (Å²) in [5.41, 5.74) is 0. The van der Waals surface area contributed by atoms with Gasteiger partial charge in [0.15, 0.2) is 0 Å². The topological polar surface area (TPSA) is 71.3 Å². The predicted octanol–water partition coefficient (Wildman–Crippen LogP) is -0.0485. The molecular weight excluding hydrogens is 228 g/mol. The van der Waals surface area contributed by atoms with E-state index in [0.717, 1.165) is 0 Å². The van der Waals surface area contributed by atoms with Gasteiger partial charge in [0.25, 0.3) is 10.0 Å². The minimum absolute atomic E-state index is 0. The Morgan fingerprint density at radius 2 is 2.21 bits per heavy atom. The summed E-state index contributed by atoms with van der Waals surface area (Å²) in [5.74, 6) is 0. The summed E-state index contributed by atoms with van der Waals surface area (Å²) in [6.45, 7) is 1.36. The number of hydrogen-bond acceptors (Lipinski definition) is 4. The van der Waals surface area contributed by atoms with Gasteiger partial charge in [0.1, 0.15) is 0 Å². The van der Waals surface area contributed by atoms with Crippen molar-refractivity contribution in [2.45, 2.75) is 11.1 Å². The summed E-state index contributed by atoms with van der Waals surface area (Å²) in [6, 6.07) is 2.97. The maximum absolute atomic E-state index is 11.5. The smallest absolute Gasteiger partial charge is 0.274 e. The number of nitrogens with one attached hydrogen (secondary N) is 2. The van der Waals surface area contributed by atoms with E-state index in [1.807, 2.05) is 0 Å². The Bertz CT molecular complexity index is 372. The molecule has 0 saturated carbocycles. The molecule has 5 nitrogen and oxygen atoms in total. The molecule has 1 aromatic heterocycles. The van der Waals surface area contributed by atoms with Gasteiger partial charge in [-0.15, -0.1) is 12.4 Å². The zero-order valence-corrected chi connectivity index (χ0v) is 8.90. The van der Waals surface area contributed by atoms with Gasteiger partial charge in [-0.25, -0.2) is 13.1 Å². The molecule has 0 aromatic carbocycles. The number of halogens is 1. The molecule has 0 radical (unpaired) electrons. The van der Waals surface area contributed by atoms with Gasteiger partial charge in [0.05, 0.1) is 6.26 Å². The van der Waals surface area contributed by atoms with Gasteiger partial charge in [-0.3, -0.25) is 0 Å². The molecule has 1 aromatic rings. The van der Waals surface area contributed by atoms with Gasteiger partial charge < -0.3 is 9.73 Å². The van der Waals surface area contributed by atoms with Crippen molar-refractivity contribution in [2.24, 2.45) is 0 Å². The summed E-state index contributed by atoms with van der Waals surface area (Å²) in [6.07, 6.45) is 1.34. The van der Waals surface area contributed by atoms with Crippen molar-refractivity contribution in [3.63, 3.8) is 0 Å². The lowest BCUT2D eigenvalue weighted by Crippen LogP contribution is -2.56. The third kappa shape index (κ3) is 2.27. The molecule has 1 fully saturated rings. The molecule has 0 bridgehead atoms. The van der Waals surface area contributed by atoms with E-state index < -0.39 is 10.0 Å². The molecule has 0 atom stereocenters. The average molecular weight is 239 g/mol. The van der Waals surface area contributed by atoms with Crippen molar-refractivity contribution in [3.8, 4) is 0 Å². The molecule has 0 spiro atoms. The Hall–Kier alpha value is -0.560. The van der Waals surface area contributed by atoms with Crippen molar-refractivity contribution >= 4 is 22.4 Å². The fourth-order valence-electron chi connectivity index (χ4n) is 1.07. The highest BCUT2D eigenvalue weighted by molar-refractivity contribution is 7.89. The molecule has 2 N–H and O–H groups in total. The van der Waals surface area contributed by atoms with Crippen LogP contribution in [0.5, 0.6) is 0 Å².